The van der Waals surface area contributed by atoms with Crippen LogP contribution in [0.5, 0.6) is 0 Å². The number of benzene rings is 1. The first-order valence-electron chi connectivity index (χ1n) is 6.32. The van der Waals surface area contributed by atoms with Crippen molar-refractivity contribution in [2.24, 2.45) is 5.73 Å². The topological polar surface area (TPSA) is 64.3 Å². The summed E-state index contributed by atoms with van der Waals surface area (Å²) in [6.45, 7) is 5.63. The maximum absolute atomic E-state index is 11.7. The molecule has 1 unspecified atom stereocenters. The fraction of sp³-hybridized carbons (Fsp3) is 0.500. The van der Waals surface area contributed by atoms with Crippen LogP contribution in [0.25, 0.3) is 0 Å². The van der Waals surface area contributed by atoms with Crippen molar-refractivity contribution in [3.05, 3.63) is 35.4 Å². The summed E-state index contributed by atoms with van der Waals surface area (Å²) in [5.41, 5.74) is 7.58. The molecule has 18 heavy (non-hydrogen) atoms. The molecule has 0 saturated carbocycles. The van der Waals surface area contributed by atoms with E-state index in [1.54, 1.807) is 0 Å². The Labute approximate surface area is 109 Å². The van der Waals surface area contributed by atoms with Gasteiger partial charge >= 0.3 is 0 Å². The highest BCUT2D eigenvalue weighted by molar-refractivity contribution is 5.78. The number of nitrogens with one attached hydrogen (secondary N) is 1. The fourth-order valence-corrected chi connectivity index (χ4v) is 1.64. The molecule has 0 heterocycles. The van der Waals surface area contributed by atoms with Gasteiger partial charge in [0, 0.05) is 19.7 Å². The van der Waals surface area contributed by atoms with Crippen LogP contribution in [-0.4, -0.2) is 25.2 Å². The van der Waals surface area contributed by atoms with E-state index < -0.39 is 0 Å². The van der Waals surface area contributed by atoms with Crippen molar-refractivity contribution in [2.45, 2.75) is 32.9 Å². The zero-order valence-electron chi connectivity index (χ0n) is 11.1. The molecule has 0 spiro atoms. The minimum atomic E-state index is 0.0158. The number of rotatable bonds is 7. The zero-order valence-corrected chi connectivity index (χ0v) is 11.1. The van der Waals surface area contributed by atoms with Crippen molar-refractivity contribution in [3.63, 3.8) is 0 Å². The molecule has 0 saturated heterocycles. The van der Waals surface area contributed by atoms with E-state index >= 15 is 0 Å². The Bertz CT molecular complexity index is 363. The van der Waals surface area contributed by atoms with Gasteiger partial charge in [-0.25, -0.2) is 0 Å². The van der Waals surface area contributed by atoms with Crippen LogP contribution in [0, 0.1) is 0 Å². The second-order valence-electron chi connectivity index (χ2n) is 4.27. The lowest BCUT2D eigenvalue weighted by molar-refractivity contribution is -0.121. The minimum absolute atomic E-state index is 0.0158. The number of ether oxygens (including phenoxy) is 1. The normalized spacial score (nSPS) is 12.2. The molecule has 1 rings (SSSR count). The van der Waals surface area contributed by atoms with Gasteiger partial charge in [-0.05, 0) is 25.0 Å². The highest BCUT2D eigenvalue weighted by Crippen LogP contribution is 2.04. The number of nitrogens with two attached hydrogens (primary N) is 1. The van der Waals surface area contributed by atoms with Gasteiger partial charge in [0.1, 0.15) is 0 Å². The molecule has 0 aliphatic rings. The summed E-state index contributed by atoms with van der Waals surface area (Å²) in [6.07, 6.45) is 0.447. The molecule has 0 bridgehead atoms. The summed E-state index contributed by atoms with van der Waals surface area (Å²) < 4.78 is 5.34. The first-order chi connectivity index (χ1) is 8.65. The zero-order chi connectivity index (χ0) is 13.4. The number of carbonyl (C=O) groups excluding carboxylic acids is 1. The molecular weight excluding hydrogens is 228 g/mol. The number of carbonyl (C=O) groups is 1. The fourth-order valence-electron chi connectivity index (χ4n) is 1.64. The van der Waals surface area contributed by atoms with Gasteiger partial charge in [-0.2, -0.15) is 0 Å². The van der Waals surface area contributed by atoms with Crippen molar-refractivity contribution in [1.82, 2.24) is 5.32 Å². The Morgan fingerprint density at radius 1 is 1.33 bits per heavy atom. The largest absolute Gasteiger partial charge is 0.377 e. The van der Waals surface area contributed by atoms with E-state index in [0.29, 0.717) is 26.1 Å². The van der Waals surface area contributed by atoms with Gasteiger partial charge < -0.3 is 15.8 Å². The predicted octanol–water partition coefficient (Wildman–Crippen LogP) is 1.23. The second-order valence-corrected chi connectivity index (χ2v) is 4.27. The summed E-state index contributed by atoms with van der Waals surface area (Å²) in [5, 5.41) is 2.86. The van der Waals surface area contributed by atoms with Gasteiger partial charge in [-0.3, -0.25) is 4.79 Å². The van der Waals surface area contributed by atoms with Crippen LogP contribution < -0.4 is 11.1 Å². The highest BCUT2D eigenvalue weighted by atomic mass is 16.5. The number of amides is 1. The molecule has 1 atom stereocenters. The first-order valence-corrected chi connectivity index (χ1v) is 6.32. The summed E-state index contributed by atoms with van der Waals surface area (Å²) in [7, 11) is 0. The molecule has 4 heteroatoms. The number of hydrogen-bond acceptors (Lipinski definition) is 3. The van der Waals surface area contributed by atoms with Crippen LogP contribution in [0.4, 0.5) is 0 Å². The molecule has 1 amide bonds. The quantitative estimate of drug-likeness (QED) is 0.765. The molecule has 0 aromatic heterocycles. The van der Waals surface area contributed by atoms with Crippen LogP contribution in [0.15, 0.2) is 24.3 Å². The lowest BCUT2D eigenvalue weighted by Crippen LogP contribution is -2.33. The molecule has 0 aliphatic heterocycles. The summed E-state index contributed by atoms with van der Waals surface area (Å²) >= 11 is 0. The van der Waals surface area contributed by atoms with Gasteiger partial charge in [0.05, 0.1) is 12.5 Å². The Morgan fingerprint density at radius 2 is 1.94 bits per heavy atom. The Kier molecular flexibility index (Phi) is 6.39. The third-order valence-corrected chi connectivity index (χ3v) is 2.66. The maximum Gasteiger partial charge on any atom is 0.224 e. The summed E-state index contributed by atoms with van der Waals surface area (Å²) in [6, 6.07) is 7.78. The van der Waals surface area contributed by atoms with Crippen molar-refractivity contribution in [1.29, 1.82) is 0 Å². The Morgan fingerprint density at radius 3 is 2.50 bits per heavy atom. The maximum atomic E-state index is 11.7. The van der Waals surface area contributed by atoms with E-state index in [1.807, 2.05) is 38.1 Å². The molecular formula is C14H22N2O2. The van der Waals surface area contributed by atoms with Crippen LogP contribution in [-0.2, 0) is 22.5 Å². The number of hydrogen-bond donors (Lipinski definition) is 2. The summed E-state index contributed by atoms with van der Waals surface area (Å²) in [5.74, 6) is 0.0158. The van der Waals surface area contributed by atoms with E-state index in [2.05, 4.69) is 5.32 Å². The van der Waals surface area contributed by atoms with Gasteiger partial charge in [-0.1, -0.05) is 24.3 Å². The van der Waals surface area contributed by atoms with Crippen LogP contribution in [0.1, 0.15) is 25.0 Å². The minimum Gasteiger partial charge on any atom is -0.377 e. The lowest BCUT2D eigenvalue weighted by Gasteiger charge is -2.12. The standard InChI is InChI=1S/C14H22N2O2/c1-3-18-11(2)10-16-14(17)8-12-4-6-13(9-15)7-5-12/h4-7,11H,3,8-10,15H2,1-2H3,(H,16,17). The molecule has 1 aromatic carbocycles. The SMILES string of the molecule is CCOC(C)CNC(=O)Cc1ccc(CN)cc1. The molecule has 4 nitrogen and oxygen atoms in total. The van der Waals surface area contributed by atoms with Gasteiger partial charge in [0.2, 0.25) is 5.91 Å². The average molecular weight is 250 g/mol. The van der Waals surface area contributed by atoms with E-state index in [-0.39, 0.29) is 12.0 Å². The molecule has 3 N–H and O–H groups in total. The van der Waals surface area contributed by atoms with Crippen LogP contribution in [0.2, 0.25) is 0 Å². The summed E-state index contributed by atoms with van der Waals surface area (Å²) in [4.78, 5) is 11.7. The van der Waals surface area contributed by atoms with Gasteiger partial charge in [0.15, 0.2) is 0 Å². The molecule has 0 fully saturated rings. The van der Waals surface area contributed by atoms with Crippen LogP contribution >= 0.6 is 0 Å². The van der Waals surface area contributed by atoms with Crippen molar-refractivity contribution in [2.75, 3.05) is 13.2 Å². The molecule has 0 radical (unpaired) electrons. The van der Waals surface area contributed by atoms with E-state index in [4.69, 9.17) is 10.5 Å². The molecule has 0 aliphatic carbocycles. The van der Waals surface area contributed by atoms with Crippen LogP contribution in [0.3, 0.4) is 0 Å². The Balaban J connectivity index is 2.35. The third kappa shape index (κ3) is 5.29. The average Bonchev–Trinajstić information content (AvgIpc) is 2.38. The van der Waals surface area contributed by atoms with Crippen molar-refractivity contribution < 1.29 is 9.53 Å². The van der Waals surface area contributed by atoms with Crippen molar-refractivity contribution >= 4 is 5.91 Å². The van der Waals surface area contributed by atoms with E-state index in [1.165, 1.54) is 0 Å². The van der Waals surface area contributed by atoms with E-state index in [0.717, 1.165) is 11.1 Å². The third-order valence-electron chi connectivity index (χ3n) is 2.66. The molecule has 1 aromatic rings. The lowest BCUT2D eigenvalue weighted by atomic mass is 10.1. The first kappa shape index (κ1) is 14.7. The monoisotopic (exact) mass is 250 g/mol. The predicted molar refractivity (Wildman–Crippen MR) is 72.1 cm³/mol. The van der Waals surface area contributed by atoms with Gasteiger partial charge in [-0.15, -0.1) is 0 Å². The Hall–Kier alpha value is -1.39. The highest BCUT2D eigenvalue weighted by Gasteiger charge is 2.06. The van der Waals surface area contributed by atoms with Gasteiger partial charge in [0.25, 0.3) is 0 Å². The molecule has 100 valence electrons. The van der Waals surface area contributed by atoms with E-state index in [9.17, 15) is 4.79 Å². The van der Waals surface area contributed by atoms with Crippen molar-refractivity contribution in [3.8, 4) is 0 Å². The smallest absolute Gasteiger partial charge is 0.224 e. The second kappa shape index (κ2) is 7.84.